The third kappa shape index (κ3) is 2.02. The second-order valence-corrected chi connectivity index (χ2v) is 4.23. The van der Waals surface area contributed by atoms with Crippen molar-refractivity contribution in [1.29, 1.82) is 0 Å². The molecule has 2 heteroatoms. The first-order chi connectivity index (χ1) is 6.90. The number of thiazole rings is 1. The van der Waals surface area contributed by atoms with E-state index in [1.54, 1.807) is 11.3 Å². The molecule has 71 valence electrons. The fraction of sp³-hybridized carbons (Fsp3) is 0.167. The third-order valence-electron chi connectivity index (χ3n) is 1.98. The van der Waals surface area contributed by atoms with Crippen LogP contribution in [-0.4, -0.2) is 4.98 Å². The Morgan fingerprint density at radius 3 is 2.79 bits per heavy atom. The average Bonchev–Trinajstić information content (AvgIpc) is 2.68. The van der Waals surface area contributed by atoms with Crippen LogP contribution in [0, 0.1) is 6.42 Å². The van der Waals surface area contributed by atoms with Gasteiger partial charge in [-0.1, -0.05) is 37.3 Å². The van der Waals surface area contributed by atoms with Crippen LogP contribution >= 0.6 is 11.3 Å². The lowest BCUT2D eigenvalue weighted by atomic mass is 10.2. The fourth-order valence-electron chi connectivity index (χ4n) is 1.32. The van der Waals surface area contributed by atoms with Crippen molar-refractivity contribution in [2.24, 2.45) is 0 Å². The maximum atomic E-state index is 4.40. The molecule has 1 radical (unpaired) electrons. The van der Waals surface area contributed by atoms with Crippen LogP contribution in [0.5, 0.6) is 0 Å². The number of benzene rings is 1. The van der Waals surface area contributed by atoms with Crippen molar-refractivity contribution in [2.45, 2.75) is 13.3 Å². The summed E-state index contributed by atoms with van der Waals surface area (Å²) < 4.78 is 0. The lowest BCUT2D eigenvalue weighted by Gasteiger charge is -1.93. The van der Waals surface area contributed by atoms with Gasteiger partial charge in [0.05, 0.1) is 0 Å². The molecule has 1 heterocycles. The van der Waals surface area contributed by atoms with E-state index in [9.17, 15) is 0 Å². The van der Waals surface area contributed by atoms with Crippen LogP contribution in [0.15, 0.2) is 36.5 Å². The summed E-state index contributed by atoms with van der Waals surface area (Å²) in [5.41, 5.74) is 1.21. The number of rotatable bonds is 3. The van der Waals surface area contributed by atoms with E-state index in [4.69, 9.17) is 0 Å². The highest BCUT2D eigenvalue weighted by molar-refractivity contribution is 7.15. The molecule has 0 fully saturated rings. The Kier molecular flexibility index (Phi) is 2.94. The van der Waals surface area contributed by atoms with Crippen LogP contribution in [0.4, 0.5) is 0 Å². The first-order valence-corrected chi connectivity index (χ1v) is 5.50. The Balaban J connectivity index is 2.25. The van der Waals surface area contributed by atoms with E-state index in [0.29, 0.717) is 0 Å². The minimum atomic E-state index is 1.02. The number of nitrogens with zero attached hydrogens (tertiary/aromatic N) is 1. The molecule has 0 amide bonds. The summed E-state index contributed by atoms with van der Waals surface area (Å²) in [6, 6.07) is 10.3. The van der Waals surface area contributed by atoms with Crippen LogP contribution in [-0.2, 0) is 6.42 Å². The van der Waals surface area contributed by atoms with Crippen LogP contribution in [0.2, 0.25) is 0 Å². The molecule has 0 saturated carbocycles. The summed E-state index contributed by atoms with van der Waals surface area (Å²) in [6.45, 7) is 2.07. The smallest absolute Gasteiger partial charge is 0.123 e. The van der Waals surface area contributed by atoms with Gasteiger partial charge in [-0.3, -0.25) is 0 Å². The summed E-state index contributed by atoms with van der Waals surface area (Å²) in [5, 5.41) is 1.11. The molecule has 2 aromatic rings. The highest BCUT2D eigenvalue weighted by atomic mass is 32.1. The van der Waals surface area contributed by atoms with E-state index in [-0.39, 0.29) is 0 Å². The van der Waals surface area contributed by atoms with Crippen molar-refractivity contribution in [3.63, 3.8) is 0 Å². The summed E-state index contributed by atoms with van der Waals surface area (Å²) in [6.07, 6.45) is 5.14. The SMILES string of the molecule is C[CH]Cc1cnc(-c2ccccc2)s1. The second kappa shape index (κ2) is 4.38. The van der Waals surface area contributed by atoms with Crippen molar-refractivity contribution in [1.82, 2.24) is 4.98 Å². The molecule has 0 N–H and O–H groups in total. The second-order valence-electron chi connectivity index (χ2n) is 3.11. The molecule has 0 aliphatic heterocycles. The van der Waals surface area contributed by atoms with Crippen molar-refractivity contribution in [3.05, 3.63) is 47.8 Å². The Labute approximate surface area is 88.4 Å². The van der Waals surface area contributed by atoms with E-state index in [1.165, 1.54) is 10.4 Å². The van der Waals surface area contributed by atoms with Crippen LogP contribution in [0.25, 0.3) is 10.6 Å². The maximum Gasteiger partial charge on any atom is 0.123 e. The van der Waals surface area contributed by atoms with Gasteiger partial charge in [-0.05, 0) is 12.8 Å². The molecule has 2 rings (SSSR count). The monoisotopic (exact) mass is 202 g/mol. The van der Waals surface area contributed by atoms with Crippen LogP contribution < -0.4 is 0 Å². The van der Waals surface area contributed by atoms with Gasteiger partial charge in [0.25, 0.3) is 0 Å². The fourth-order valence-corrected chi connectivity index (χ4v) is 2.28. The van der Waals surface area contributed by atoms with Gasteiger partial charge in [0.15, 0.2) is 0 Å². The van der Waals surface area contributed by atoms with Gasteiger partial charge >= 0.3 is 0 Å². The van der Waals surface area contributed by atoms with Gasteiger partial charge in [-0.25, -0.2) is 4.98 Å². The van der Waals surface area contributed by atoms with Crippen LogP contribution in [0.1, 0.15) is 11.8 Å². The Morgan fingerprint density at radius 2 is 2.07 bits per heavy atom. The molecular formula is C12H12NS. The molecule has 1 aromatic heterocycles. The number of aromatic nitrogens is 1. The molecule has 0 aliphatic carbocycles. The van der Waals surface area contributed by atoms with Gasteiger partial charge < -0.3 is 0 Å². The molecule has 0 unspecified atom stereocenters. The largest absolute Gasteiger partial charge is 0.244 e. The molecule has 0 atom stereocenters. The summed E-state index contributed by atoms with van der Waals surface area (Å²) in [7, 11) is 0. The molecule has 0 spiro atoms. The summed E-state index contributed by atoms with van der Waals surface area (Å²) in [5.74, 6) is 0. The third-order valence-corrected chi connectivity index (χ3v) is 3.05. The molecule has 0 bridgehead atoms. The molecule has 1 aromatic carbocycles. The Morgan fingerprint density at radius 1 is 1.29 bits per heavy atom. The standard InChI is InChI=1S/C12H12NS/c1-2-6-11-9-13-12(14-11)10-7-4-3-5-8-10/h2-5,7-9H,6H2,1H3. The zero-order chi connectivity index (χ0) is 9.80. The van der Waals surface area contributed by atoms with E-state index in [0.717, 1.165) is 11.4 Å². The van der Waals surface area contributed by atoms with E-state index in [2.05, 4.69) is 30.5 Å². The first kappa shape index (κ1) is 9.41. The van der Waals surface area contributed by atoms with Crippen molar-refractivity contribution in [2.75, 3.05) is 0 Å². The first-order valence-electron chi connectivity index (χ1n) is 4.68. The van der Waals surface area contributed by atoms with E-state index in [1.807, 2.05) is 24.4 Å². The number of hydrogen-bond donors (Lipinski definition) is 0. The maximum absolute atomic E-state index is 4.40. The normalized spacial score (nSPS) is 10.4. The van der Waals surface area contributed by atoms with Crippen LogP contribution in [0.3, 0.4) is 0 Å². The zero-order valence-electron chi connectivity index (χ0n) is 8.10. The van der Waals surface area contributed by atoms with Crippen molar-refractivity contribution in [3.8, 4) is 10.6 Å². The van der Waals surface area contributed by atoms with E-state index < -0.39 is 0 Å². The van der Waals surface area contributed by atoms with Gasteiger partial charge in [0.1, 0.15) is 5.01 Å². The molecular weight excluding hydrogens is 190 g/mol. The van der Waals surface area contributed by atoms with Gasteiger partial charge in [-0.15, -0.1) is 11.3 Å². The van der Waals surface area contributed by atoms with Gasteiger partial charge in [-0.2, -0.15) is 0 Å². The highest BCUT2D eigenvalue weighted by Crippen LogP contribution is 2.25. The highest BCUT2D eigenvalue weighted by Gasteiger charge is 2.02. The minimum Gasteiger partial charge on any atom is -0.244 e. The predicted octanol–water partition coefficient (Wildman–Crippen LogP) is 3.58. The lowest BCUT2D eigenvalue weighted by molar-refractivity contribution is 1.17. The van der Waals surface area contributed by atoms with E-state index >= 15 is 0 Å². The molecule has 1 nitrogen and oxygen atoms in total. The Hall–Kier alpha value is -1.15. The average molecular weight is 202 g/mol. The van der Waals surface area contributed by atoms with Gasteiger partial charge in [0, 0.05) is 16.6 Å². The summed E-state index contributed by atoms with van der Waals surface area (Å²) in [4.78, 5) is 5.73. The molecule has 0 aliphatic rings. The van der Waals surface area contributed by atoms with Crippen molar-refractivity contribution < 1.29 is 0 Å². The zero-order valence-corrected chi connectivity index (χ0v) is 8.92. The molecule has 0 saturated heterocycles. The minimum absolute atomic E-state index is 1.02. The molecule has 14 heavy (non-hydrogen) atoms. The lowest BCUT2D eigenvalue weighted by Crippen LogP contribution is -1.73. The van der Waals surface area contributed by atoms with Gasteiger partial charge in [0.2, 0.25) is 0 Å². The van der Waals surface area contributed by atoms with Crippen molar-refractivity contribution >= 4 is 11.3 Å². The summed E-state index contributed by atoms with van der Waals surface area (Å²) >= 11 is 1.77. The Bertz CT molecular complexity index is 392. The topological polar surface area (TPSA) is 12.9 Å². The predicted molar refractivity (Wildman–Crippen MR) is 61.2 cm³/mol. The quantitative estimate of drug-likeness (QED) is 0.741. The number of hydrogen-bond acceptors (Lipinski definition) is 2.